The molecule has 0 aliphatic heterocycles. The third kappa shape index (κ3) is 8.96. The van der Waals surface area contributed by atoms with Crippen molar-refractivity contribution in [2.45, 2.75) is 104 Å². The zero-order valence-electron chi connectivity index (χ0n) is 17.9. The van der Waals surface area contributed by atoms with Gasteiger partial charge in [0.15, 0.2) is 0 Å². The van der Waals surface area contributed by atoms with Gasteiger partial charge in [0, 0.05) is 14.1 Å². The summed E-state index contributed by atoms with van der Waals surface area (Å²) in [6.07, 6.45) is 19.2. The molecule has 0 radical (unpaired) electrons. The Bertz CT molecular complexity index is 481. The van der Waals surface area contributed by atoms with Crippen molar-refractivity contribution in [3.05, 3.63) is 23.3 Å². The molecule has 0 saturated carbocycles. The topological polar surface area (TPSA) is 23.5 Å². The summed E-state index contributed by atoms with van der Waals surface area (Å²) < 4.78 is 0. The van der Waals surface area contributed by atoms with Crippen LogP contribution in [0.2, 0.25) is 0 Å². The molecule has 0 aliphatic carbocycles. The van der Waals surface area contributed by atoms with Crippen LogP contribution in [0.15, 0.2) is 12.1 Å². The summed E-state index contributed by atoms with van der Waals surface area (Å²) in [6.45, 7) is 4.33. The van der Waals surface area contributed by atoms with Crippen LogP contribution in [-0.4, -0.2) is 19.2 Å². The molecular formula is C24H43NO. The van der Waals surface area contributed by atoms with Crippen molar-refractivity contribution in [1.29, 1.82) is 0 Å². The van der Waals surface area contributed by atoms with E-state index in [-0.39, 0.29) is 0 Å². The van der Waals surface area contributed by atoms with Crippen LogP contribution in [0.25, 0.3) is 0 Å². The summed E-state index contributed by atoms with van der Waals surface area (Å²) in [6, 6.07) is 4.23. The maximum atomic E-state index is 10.3. The van der Waals surface area contributed by atoms with E-state index in [2.05, 4.69) is 13.0 Å². The molecule has 0 spiro atoms. The quantitative estimate of drug-likeness (QED) is 0.329. The van der Waals surface area contributed by atoms with Gasteiger partial charge in [0.1, 0.15) is 5.75 Å². The lowest BCUT2D eigenvalue weighted by Crippen LogP contribution is -2.09. The molecule has 1 rings (SSSR count). The lowest BCUT2D eigenvalue weighted by Gasteiger charge is -2.17. The number of aromatic hydroxyl groups is 1. The highest BCUT2D eigenvalue weighted by atomic mass is 16.3. The Balaban J connectivity index is 2.03. The van der Waals surface area contributed by atoms with Crippen LogP contribution in [0.1, 0.15) is 102 Å². The molecule has 2 nitrogen and oxygen atoms in total. The fourth-order valence-electron chi connectivity index (χ4n) is 3.69. The molecular weight excluding hydrogens is 318 g/mol. The van der Waals surface area contributed by atoms with Gasteiger partial charge in [-0.15, -0.1) is 0 Å². The molecule has 26 heavy (non-hydrogen) atoms. The standard InChI is InChI=1S/C24H43NO/c1-5-6-7-8-9-10-11-12-13-14-15-16-17-18-22-19-20-23(25(3)4)24(26)21(22)2/h19-20,26H,5-18H2,1-4H3. The van der Waals surface area contributed by atoms with Gasteiger partial charge < -0.3 is 10.0 Å². The molecule has 0 fully saturated rings. The largest absolute Gasteiger partial charge is 0.505 e. The van der Waals surface area contributed by atoms with Crippen LogP contribution in [0, 0.1) is 6.92 Å². The number of phenols is 1. The Kier molecular flexibility index (Phi) is 12.3. The predicted octanol–water partition coefficient (Wildman–Crippen LogP) is 7.40. The molecule has 1 N–H and O–H groups in total. The SMILES string of the molecule is CCCCCCCCCCCCCCCc1ccc(N(C)C)c(O)c1C. The number of hydrogen-bond acceptors (Lipinski definition) is 2. The minimum Gasteiger partial charge on any atom is -0.505 e. The van der Waals surface area contributed by atoms with Crippen molar-refractivity contribution in [1.82, 2.24) is 0 Å². The Morgan fingerprint density at radius 2 is 1.19 bits per heavy atom. The minimum atomic E-state index is 0.446. The molecule has 150 valence electrons. The number of anilines is 1. The van der Waals surface area contributed by atoms with Gasteiger partial charge in [-0.05, 0) is 37.0 Å². The van der Waals surface area contributed by atoms with Gasteiger partial charge >= 0.3 is 0 Å². The zero-order chi connectivity index (χ0) is 19.2. The molecule has 1 aromatic carbocycles. The molecule has 0 aliphatic rings. The Morgan fingerprint density at radius 1 is 0.731 bits per heavy atom. The van der Waals surface area contributed by atoms with Gasteiger partial charge in [0.2, 0.25) is 0 Å². The molecule has 0 bridgehead atoms. The first-order valence-corrected chi connectivity index (χ1v) is 11.1. The van der Waals surface area contributed by atoms with E-state index in [1.54, 1.807) is 0 Å². The highest BCUT2D eigenvalue weighted by molar-refractivity contribution is 5.62. The molecule has 0 heterocycles. The maximum absolute atomic E-state index is 10.3. The normalized spacial score (nSPS) is 11.1. The molecule has 0 saturated heterocycles. The third-order valence-corrected chi connectivity index (χ3v) is 5.55. The van der Waals surface area contributed by atoms with Crippen LogP contribution in [-0.2, 0) is 6.42 Å². The van der Waals surface area contributed by atoms with Crippen LogP contribution >= 0.6 is 0 Å². The smallest absolute Gasteiger partial charge is 0.142 e. The fraction of sp³-hybridized carbons (Fsp3) is 0.750. The molecule has 1 aromatic rings. The maximum Gasteiger partial charge on any atom is 0.142 e. The van der Waals surface area contributed by atoms with Crippen molar-refractivity contribution in [2.75, 3.05) is 19.0 Å². The molecule has 0 unspecified atom stereocenters. The van der Waals surface area contributed by atoms with Crippen molar-refractivity contribution < 1.29 is 5.11 Å². The number of aryl methyl sites for hydroxylation is 1. The summed E-state index contributed by atoms with van der Waals surface area (Å²) in [7, 11) is 3.95. The van der Waals surface area contributed by atoms with Crippen LogP contribution in [0.3, 0.4) is 0 Å². The van der Waals surface area contributed by atoms with E-state index in [1.165, 1.54) is 89.0 Å². The summed E-state index contributed by atoms with van der Waals surface area (Å²) in [5, 5.41) is 10.3. The van der Waals surface area contributed by atoms with E-state index in [9.17, 15) is 5.11 Å². The summed E-state index contributed by atoms with van der Waals surface area (Å²) in [5.41, 5.74) is 3.27. The molecule has 2 heteroatoms. The molecule has 0 amide bonds. The van der Waals surface area contributed by atoms with Crippen molar-refractivity contribution in [2.24, 2.45) is 0 Å². The number of rotatable bonds is 15. The number of phenolic OH excluding ortho intramolecular Hbond substituents is 1. The van der Waals surface area contributed by atoms with E-state index in [0.717, 1.165) is 17.7 Å². The van der Waals surface area contributed by atoms with Gasteiger partial charge in [-0.3, -0.25) is 0 Å². The van der Waals surface area contributed by atoms with Gasteiger partial charge in [-0.2, -0.15) is 0 Å². The minimum absolute atomic E-state index is 0.446. The Labute approximate surface area is 163 Å². The summed E-state index contributed by atoms with van der Waals surface area (Å²) in [5.74, 6) is 0.446. The average molecular weight is 362 g/mol. The Morgan fingerprint density at radius 3 is 1.65 bits per heavy atom. The number of hydrogen-bond donors (Lipinski definition) is 1. The second-order valence-electron chi connectivity index (χ2n) is 8.10. The van der Waals surface area contributed by atoms with E-state index < -0.39 is 0 Å². The van der Waals surface area contributed by atoms with Crippen LogP contribution in [0.4, 0.5) is 5.69 Å². The predicted molar refractivity (Wildman–Crippen MR) is 117 cm³/mol. The first kappa shape index (κ1) is 22.9. The number of benzene rings is 1. The first-order chi connectivity index (χ1) is 12.6. The lowest BCUT2D eigenvalue weighted by atomic mass is 9.99. The Hall–Kier alpha value is -1.18. The van der Waals surface area contributed by atoms with Gasteiger partial charge in [-0.25, -0.2) is 0 Å². The van der Waals surface area contributed by atoms with E-state index in [1.807, 2.05) is 32.0 Å². The van der Waals surface area contributed by atoms with E-state index in [0.29, 0.717) is 5.75 Å². The van der Waals surface area contributed by atoms with Gasteiger partial charge in [0.05, 0.1) is 5.69 Å². The highest BCUT2D eigenvalue weighted by Crippen LogP contribution is 2.32. The van der Waals surface area contributed by atoms with Gasteiger partial charge in [0.25, 0.3) is 0 Å². The first-order valence-electron chi connectivity index (χ1n) is 11.1. The number of unbranched alkanes of at least 4 members (excludes halogenated alkanes) is 12. The van der Waals surface area contributed by atoms with E-state index in [4.69, 9.17) is 0 Å². The molecule has 0 atom stereocenters. The summed E-state index contributed by atoms with van der Waals surface area (Å²) in [4.78, 5) is 1.97. The van der Waals surface area contributed by atoms with E-state index >= 15 is 0 Å². The average Bonchev–Trinajstić information content (AvgIpc) is 2.62. The monoisotopic (exact) mass is 361 g/mol. The highest BCUT2D eigenvalue weighted by Gasteiger charge is 2.09. The zero-order valence-corrected chi connectivity index (χ0v) is 17.9. The summed E-state index contributed by atoms with van der Waals surface area (Å²) >= 11 is 0. The van der Waals surface area contributed by atoms with Crippen LogP contribution < -0.4 is 4.90 Å². The molecule has 0 aromatic heterocycles. The van der Waals surface area contributed by atoms with Crippen molar-refractivity contribution >= 4 is 5.69 Å². The second kappa shape index (κ2) is 13.9. The van der Waals surface area contributed by atoms with Crippen LogP contribution in [0.5, 0.6) is 5.75 Å². The van der Waals surface area contributed by atoms with Crippen molar-refractivity contribution in [3.8, 4) is 5.75 Å². The lowest BCUT2D eigenvalue weighted by molar-refractivity contribution is 0.470. The third-order valence-electron chi connectivity index (χ3n) is 5.55. The second-order valence-corrected chi connectivity index (χ2v) is 8.10. The number of nitrogens with zero attached hydrogens (tertiary/aromatic N) is 1. The van der Waals surface area contributed by atoms with Crippen molar-refractivity contribution in [3.63, 3.8) is 0 Å². The fourth-order valence-corrected chi connectivity index (χ4v) is 3.69. The van der Waals surface area contributed by atoms with Gasteiger partial charge in [-0.1, -0.05) is 90.0 Å².